The summed E-state index contributed by atoms with van der Waals surface area (Å²) >= 11 is 1.49. The molecule has 0 N–H and O–H groups in total. The maximum Gasteiger partial charge on any atom is 0.237 e. The molecule has 0 saturated heterocycles. The summed E-state index contributed by atoms with van der Waals surface area (Å²) in [4.78, 5) is 4.43. The summed E-state index contributed by atoms with van der Waals surface area (Å²) in [6.07, 6.45) is 3.41. The number of rotatable bonds is 6. The van der Waals surface area contributed by atoms with Gasteiger partial charge < -0.3 is 8.94 Å². The van der Waals surface area contributed by atoms with Gasteiger partial charge in [-0.15, -0.1) is 16.8 Å². The lowest BCUT2D eigenvalue weighted by atomic mass is 9.96. The molecule has 24 heavy (non-hydrogen) atoms. The lowest BCUT2D eigenvalue weighted by Crippen LogP contribution is -2.13. The summed E-state index contributed by atoms with van der Waals surface area (Å²) in [6, 6.07) is 3.67. The molecule has 3 heterocycles. The van der Waals surface area contributed by atoms with Crippen molar-refractivity contribution >= 4 is 11.8 Å². The van der Waals surface area contributed by atoms with Crippen LogP contribution in [-0.2, 0) is 17.7 Å². The number of furan rings is 1. The zero-order valence-corrected chi connectivity index (χ0v) is 14.7. The van der Waals surface area contributed by atoms with Crippen LogP contribution in [0.3, 0.4) is 0 Å². The Morgan fingerprint density at radius 1 is 1.33 bits per heavy atom. The molecule has 0 amide bonds. The second kappa shape index (κ2) is 6.64. The Labute approximate surface area is 144 Å². The summed E-state index contributed by atoms with van der Waals surface area (Å²) in [6.45, 7) is 10.5. The Balaban J connectivity index is 1.78. The lowest BCUT2D eigenvalue weighted by molar-refractivity contribution is 0.372. The van der Waals surface area contributed by atoms with Crippen molar-refractivity contribution in [3.8, 4) is 11.6 Å². The van der Waals surface area contributed by atoms with Crippen molar-refractivity contribution < 1.29 is 8.94 Å². The van der Waals surface area contributed by atoms with Crippen LogP contribution in [0.5, 0.6) is 0 Å². The van der Waals surface area contributed by atoms with Crippen molar-refractivity contribution in [1.29, 1.82) is 0 Å². The van der Waals surface area contributed by atoms with Crippen molar-refractivity contribution in [1.82, 2.24) is 24.9 Å². The van der Waals surface area contributed by atoms with E-state index >= 15 is 0 Å². The van der Waals surface area contributed by atoms with Gasteiger partial charge in [0, 0.05) is 12.0 Å². The van der Waals surface area contributed by atoms with E-state index in [2.05, 4.69) is 26.9 Å². The average molecular weight is 345 g/mol. The molecule has 0 spiro atoms. The van der Waals surface area contributed by atoms with Crippen LogP contribution in [0.25, 0.3) is 11.6 Å². The molecule has 7 nitrogen and oxygen atoms in total. The first-order chi connectivity index (χ1) is 11.5. The molecule has 0 saturated carbocycles. The van der Waals surface area contributed by atoms with Gasteiger partial charge in [-0.1, -0.05) is 43.8 Å². The predicted molar refractivity (Wildman–Crippen MR) is 90.5 cm³/mol. The van der Waals surface area contributed by atoms with Crippen LogP contribution in [0, 0.1) is 0 Å². The number of aromatic nitrogens is 5. The SMILES string of the molecule is C=CCn1c(SCc2nc(C(C)(C)C)no2)nnc1-c1ccco1. The lowest BCUT2D eigenvalue weighted by Gasteiger charge is -2.10. The smallest absolute Gasteiger partial charge is 0.237 e. The standard InChI is InChI=1S/C16H19N5O2S/c1-5-8-21-13(11-7-6-9-22-11)18-19-15(21)24-10-12-17-14(20-23-12)16(2,3)4/h5-7,9H,1,8,10H2,2-4H3. The molecular formula is C16H19N5O2S. The highest BCUT2D eigenvalue weighted by molar-refractivity contribution is 7.98. The van der Waals surface area contributed by atoms with Crippen molar-refractivity contribution in [3.05, 3.63) is 42.8 Å². The number of hydrogen-bond donors (Lipinski definition) is 0. The van der Waals surface area contributed by atoms with E-state index in [0.29, 0.717) is 35.6 Å². The first-order valence-electron chi connectivity index (χ1n) is 7.53. The van der Waals surface area contributed by atoms with Crippen molar-refractivity contribution in [3.63, 3.8) is 0 Å². The molecule has 0 aliphatic carbocycles. The fourth-order valence-corrected chi connectivity index (χ4v) is 2.81. The summed E-state index contributed by atoms with van der Waals surface area (Å²) in [5.74, 6) is 3.13. The van der Waals surface area contributed by atoms with Gasteiger partial charge in [0.2, 0.25) is 11.7 Å². The van der Waals surface area contributed by atoms with Gasteiger partial charge in [0.1, 0.15) is 0 Å². The molecule has 0 aromatic carbocycles. The van der Waals surface area contributed by atoms with Crippen LogP contribution in [0.15, 0.2) is 45.1 Å². The Kier molecular flexibility index (Phi) is 4.57. The molecule has 3 rings (SSSR count). The summed E-state index contributed by atoms with van der Waals surface area (Å²) in [7, 11) is 0. The highest BCUT2D eigenvalue weighted by Gasteiger charge is 2.22. The molecule has 0 unspecified atom stereocenters. The quantitative estimate of drug-likeness (QED) is 0.497. The van der Waals surface area contributed by atoms with Gasteiger partial charge in [0.15, 0.2) is 16.7 Å². The fourth-order valence-electron chi connectivity index (χ4n) is 2.02. The Hall–Kier alpha value is -2.35. The van der Waals surface area contributed by atoms with Crippen LogP contribution in [-0.4, -0.2) is 24.9 Å². The van der Waals surface area contributed by atoms with Gasteiger partial charge in [-0.2, -0.15) is 4.98 Å². The highest BCUT2D eigenvalue weighted by Crippen LogP contribution is 2.27. The van der Waals surface area contributed by atoms with Crippen molar-refractivity contribution in [2.45, 2.75) is 43.6 Å². The van der Waals surface area contributed by atoms with Gasteiger partial charge in [0.25, 0.3) is 0 Å². The fraction of sp³-hybridized carbons (Fsp3) is 0.375. The first kappa shape index (κ1) is 16.5. The predicted octanol–water partition coefficient (Wildman–Crippen LogP) is 3.70. The molecule has 0 aliphatic heterocycles. The van der Waals surface area contributed by atoms with Gasteiger partial charge in [-0.3, -0.25) is 4.57 Å². The largest absolute Gasteiger partial charge is 0.461 e. The van der Waals surface area contributed by atoms with Crippen molar-refractivity contribution in [2.24, 2.45) is 0 Å². The van der Waals surface area contributed by atoms with Crippen LogP contribution < -0.4 is 0 Å². The zero-order chi connectivity index (χ0) is 17.2. The minimum Gasteiger partial charge on any atom is -0.461 e. The van der Waals surface area contributed by atoms with Gasteiger partial charge in [-0.25, -0.2) is 0 Å². The maximum absolute atomic E-state index is 5.42. The number of allylic oxidation sites excluding steroid dienone is 1. The molecule has 126 valence electrons. The second-order valence-corrected chi connectivity index (χ2v) is 7.18. The van der Waals surface area contributed by atoms with Crippen LogP contribution in [0.1, 0.15) is 32.5 Å². The highest BCUT2D eigenvalue weighted by atomic mass is 32.2. The summed E-state index contributed by atoms with van der Waals surface area (Å²) < 4.78 is 12.7. The first-order valence-corrected chi connectivity index (χ1v) is 8.51. The molecule has 0 fully saturated rings. The Morgan fingerprint density at radius 3 is 2.79 bits per heavy atom. The van der Waals surface area contributed by atoms with E-state index in [1.165, 1.54) is 11.8 Å². The average Bonchev–Trinajstić information content (AvgIpc) is 3.25. The van der Waals surface area contributed by atoms with E-state index in [1.54, 1.807) is 12.3 Å². The Morgan fingerprint density at radius 2 is 2.17 bits per heavy atom. The molecule has 0 aliphatic rings. The van der Waals surface area contributed by atoms with Crippen LogP contribution in [0.2, 0.25) is 0 Å². The zero-order valence-electron chi connectivity index (χ0n) is 13.9. The van der Waals surface area contributed by atoms with E-state index in [0.717, 1.165) is 5.16 Å². The van der Waals surface area contributed by atoms with Crippen molar-refractivity contribution in [2.75, 3.05) is 0 Å². The molecule has 3 aromatic heterocycles. The third-order valence-electron chi connectivity index (χ3n) is 3.23. The minimum absolute atomic E-state index is 0.137. The number of thioether (sulfide) groups is 1. The minimum atomic E-state index is -0.137. The van der Waals surface area contributed by atoms with Gasteiger partial charge >= 0.3 is 0 Å². The molecule has 0 radical (unpaired) electrons. The molecule has 0 bridgehead atoms. The van der Waals surface area contributed by atoms with E-state index in [1.807, 2.05) is 37.5 Å². The Bertz CT molecular complexity index is 814. The monoisotopic (exact) mass is 345 g/mol. The van der Waals surface area contributed by atoms with Gasteiger partial charge in [-0.05, 0) is 12.1 Å². The maximum atomic E-state index is 5.42. The molecule has 3 aromatic rings. The molecule has 0 atom stereocenters. The summed E-state index contributed by atoms with van der Waals surface area (Å²) in [5.41, 5.74) is -0.137. The van der Waals surface area contributed by atoms with E-state index in [-0.39, 0.29) is 5.41 Å². The molecular weight excluding hydrogens is 326 g/mol. The van der Waals surface area contributed by atoms with Crippen LogP contribution >= 0.6 is 11.8 Å². The van der Waals surface area contributed by atoms with E-state index in [9.17, 15) is 0 Å². The second-order valence-electron chi connectivity index (χ2n) is 6.23. The van der Waals surface area contributed by atoms with E-state index in [4.69, 9.17) is 8.94 Å². The third-order valence-corrected chi connectivity index (χ3v) is 4.19. The normalized spacial score (nSPS) is 11.8. The topological polar surface area (TPSA) is 82.8 Å². The van der Waals surface area contributed by atoms with E-state index < -0.39 is 0 Å². The van der Waals surface area contributed by atoms with Crippen LogP contribution in [0.4, 0.5) is 0 Å². The summed E-state index contributed by atoms with van der Waals surface area (Å²) in [5, 5.41) is 13.2. The number of nitrogens with zero attached hydrogens (tertiary/aromatic N) is 5. The number of hydrogen-bond acceptors (Lipinski definition) is 7. The van der Waals surface area contributed by atoms with Gasteiger partial charge in [0.05, 0.1) is 12.0 Å². The third kappa shape index (κ3) is 3.43. The molecule has 8 heteroatoms.